The fraction of sp³-hybridized carbons (Fsp3) is 0. The van der Waals surface area contributed by atoms with E-state index >= 15 is 0 Å². The molecule has 0 aromatic rings. The van der Waals surface area contributed by atoms with Crippen LogP contribution in [0.4, 0.5) is 0 Å². The number of hydrogen-bond acceptors (Lipinski definition) is 1. The minimum atomic E-state index is 0. The Bertz CT molecular complexity index is 7.51. The van der Waals surface area contributed by atoms with E-state index in [1.165, 1.54) is 0 Å². The molecule has 0 saturated carbocycles. The van der Waals surface area contributed by atoms with Crippen molar-refractivity contribution in [1.29, 1.82) is 0 Å². The van der Waals surface area contributed by atoms with Crippen LogP contribution >= 0.6 is 12.4 Å². The molecule has 0 saturated heterocycles. The molecule has 0 aliphatic carbocycles. The number of rotatable bonds is 0. The van der Waals surface area contributed by atoms with E-state index in [-0.39, 0.29) is 28.8 Å². The Hall–Kier alpha value is 0.554. The summed E-state index contributed by atoms with van der Waals surface area (Å²) in [5.41, 5.74) is 0. The summed E-state index contributed by atoms with van der Waals surface area (Å²) < 4.78 is 8.19. The van der Waals surface area contributed by atoms with E-state index in [2.05, 4.69) is 0 Å². The van der Waals surface area contributed by atoms with Gasteiger partial charge in [0.15, 0.2) is 0 Å². The molecule has 0 heterocycles. The minimum absolute atomic E-state index is 0. The van der Waals surface area contributed by atoms with E-state index in [9.17, 15) is 0 Å². The van der Waals surface area contributed by atoms with E-state index in [0.717, 1.165) is 17.4 Å². The molecule has 6 heavy (non-hydrogen) atoms. The van der Waals surface area contributed by atoms with Crippen LogP contribution in [0, 0.1) is 0 Å². The summed E-state index contributed by atoms with van der Waals surface area (Å²) in [4.78, 5) is 0. The van der Waals surface area contributed by atoms with Crippen LogP contribution in [-0.2, 0) is 21.0 Å². The van der Waals surface area contributed by atoms with Crippen molar-refractivity contribution in [3.8, 4) is 0 Å². The van der Waals surface area contributed by atoms with Gasteiger partial charge in [0.2, 0.25) is 0 Å². The van der Waals surface area contributed by atoms with Crippen molar-refractivity contribution in [2.24, 2.45) is 0 Å². The van der Waals surface area contributed by atoms with Crippen LogP contribution in [0.15, 0.2) is 0 Å². The molecule has 0 amide bonds. The molecule has 0 bridgehead atoms. The van der Waals surface area contributed by atoms with Crippen LogP contribution in [0.3, 0.4) is 0 Å². The predicted molar refractivity (Wildman–Crippen MR) is 18.8 cm³/mol. The summed E-state index contributed by atoms with van der Waals surface area (Å²) in [6.45, 7) is 0. The third kappa shape index (κ3) is 187. The van der Waals surface area contributed by atoms with Crippen molar-refractivity contribution in [2.45, 2.75) is 0 Å². The van der Waals surface area contributed by atoms with Crippen molar-refractivity contribution >= 4 is 12.4 Å². The Morgan fingerprint density at radius 2 is 0.833 bits per heavy atom. The molecular formula is H7ClO4V. The van der Waals surface area contributed by atoms with Gasteiger partial charge in [-0.1, -0.05) is 0 Å². The number of hydrogen-bond donors (Lipinski definition) is 0. The SMILES string of the molecule is Cl.O.O.O.[O]=[V]. The molecule has 0 aromatic carbocycles. The fourth-order valence-corrected chi connectivity index (χ4v) is 0. The summed E-state index contributed by atoms with van der Waals surface area (Å²) in [7, 11) is 0. The van der Waals surface area contributed by atoms with E-state index in [1.807, 2.05) is 0 Å². The normalized spacial score (nSPS) is 0.500. The van der Waals surface area contributed by atoms with Gasteiger partial charge in [-0.25, -0.2) is 0 Å². The zero-order chi connectivity index (χ0) is 2.00. The van der Waals surface area contributed by atoms with Crippen LogP contribution in [0.5, 0.6) is 0 Å². The summed E-state index contributed by atoms with van der Waals surface area (Å²) in [5, 5.41) is 0. The Morgan fingerprint density at radius 1 is 0.833 bits per heavy atom. The summed E-state index contributed by atoms with van der Waals surface area (Å²) in [6, 6.07) is 0. The summed E-state index contributed by atoms with van der Waals surface area (Å²) in [6.07, 6.45) is 0. The summed E-state index contributed by atoms with van der Waals surface area (Å²) in [5.74, 6) is 0. The van der Waals surface area contributed by atoms with E-state index in [0.29, 0.717) is 0 Å². The molecule has 0 rings (SSSR count). The van der Waals surface area contributed by atoms with Gasteiger partial charge in [-0.3, -0.25) is 0 Å². The molecule has 0 aromatic heterocycles. The Labute approximate surface area is 50.5 Å². The zero-order valence-corrected chi connectivity index (χ0v) is 4.98. The molecular weight excluding hydrogens is 150 g/mol. The molecule has 43 valence electrons. The van der Waals surface area contributed by atoms with Crippen molar-refractivity contribution in [1.82, 2.24) is 0 Å². The van der Waals surface area contributed by atoms with Crippen molar-refractivity contribution in [2.75, 3.05) is 0 Å². The molecule has 0 fully saturated rings. The maximum atomic E-state index is 8.19. The topological polar surface area (TPSA) is 112 Å². The number of halogens is 1. The van der Waals surface area contributed by atoms with Gasteiger partial charge >= 0.3 is 21.0 Å². The van der Waals surface area contributed by atoms with E-state index < -0.39 is 0 Å². The van der Waals surface area contributed by atoms with Crippen molar-refractivity contribution in [3.05, 3.63) is 0 Å². The van der Waals surface area contributed by atoms with Gasteiger partial charge in [0.25, 0.3) is 0 Å². The fourth-order valence-electron chi connectivity index (χ4n) is 0. The van der Waals surface area contributed by atoms with Gasteiger partial charge in [-0.15, -0.1) is 12.4 Å². The van der Waals surface area contributed by atoms with Crippen molar-refractivity contribution in [3.63, 3.8) is 0 Å². The van der Waals surface area contributed by atoms with Crippen LogP contribution in [0.1, 0.15) is 0 Å². The monoisotopic (exact) mass is 157 g/mol. The van der Waals surface area contributed by atoms with E-state index in [1.54, 1.807) is 0 Å². The second-order valence-corrected chi connectivity index (χ2v) is 0. The Kier molecular flexibility index (Phi) is 5230. The van der Waals surface area contributed by atoms with Gasteiger partial charge in [-0.2, -0.15) is 0 Å². The average molecular weight is 157 g/mol. The van der Waals surface area contributed by atoms with Gasteiger partial charge in [-0.05, 0) is 0 Å². The van der Waals surface area contributed by atoms with Crippen LogP contribution < -0.4 is 0 Å². The van der Waals surface area contributed by atoms with Gasteiger partial charge in [0.1, 0.15) is 0 Å². The molecule has 0 radical (unpaired) electrons. The van der Waals surface area contributed by atoms with Crippen molar-refractivity contribution < 1.29 is 37.5 Å². The zero-order valence-electron chi connectivity index (χ0n) is 2.76. The molecule has 6 heteroatoms. The van der Waals surface area contributed by atoms with Crippen LogP contribution in [0.25, 0.3) is 0 Å². The van der Waals surface area contributed by atoms with Crippen LogP contribution in [0.2, 0.25) is 0 Å². The first kappa shape index (κ1) is 83.7. The standard InChI is InChI=1S/ClH.3H2O.O.V/h1H;3*1H2;;. The Balaban J connectivity index is -0.000000000833. The molecule has 0 aliphatic heterocycles. The molecule has 0 unspecified atom stereocenters. The third-order valence-corrected chi connectivity index (χ3v) is 0. The van der Waals surface area contributed by atoms with Gasteiger partial charge < -0.3 is 16.4 Å². The molecule has 0 atom stereocenters. The average Bonchev–Trinajstić information content (AvgIpc) is 1.00. The first-order valence-corrected chi connectivity index (χ1v) is 0.753. The van der Waals surface area contributed by atoms with Gasteiger partial charge in [0.05, 0.1) is 0 Å². The second-order valence-electron chi connectivity index (χ2n) is 0. The first-order chi connectivity index (χ1) is 1.00. The second kappa shape index (κ2) is 375. The molecule has 4 nitrogen and oxygen atoms in total. The molecule has 6 N–H and O–H groups in total. The maximum absolute atomic E-state index is 8.19. The third-order valence-electron chi connectivity index (χ3n) is 0. The quantitative estimate of drug-likeness (QED) is 0.391. The molecule has 0 spiro atoms. The van der Waals surface area contributed by atoms with Gasteiger partial charge in [0, 0.05) is 0 Å². The predicted octanol–water partition coefficient (Wildman–Crippen LogP) is -2.17. The van der Waals surface area contributed by atoms with Crippen LogP contribution in [-0.4, -0.2) is 16.4 Å². The first-order valence-electron chi connectivity index (χ1n) is 0.183. The van der Waals surface area contributed by atoms with E-state index in [4.69, 9.17) is 3.67 Å². The summed E-state index contributed by atoms with van der Waals surface area (Å²) >= 11 is 1.06. The molecule has 0 aliphatic rings. The Morgan fingerprint density at radius 3 is 0.833 bits per heavy atom.